The molecule has 4 N–H and O–H groups in total. The summed E-state index contributed by atoms with van der Waals surface area (Å²) in [5.41, 5.74) is 4.85. The van der Waals surface area contributed by atoms with Crippen LogP contribution in [0.2, 0.25) is 0 Å². The van der Waals surface area contributed by atoms with Crippen molar-refractivity contribution in [2.75, 3.05) is 17.3 Å². The number of nitrogens with two attached hydrogens (primary N) is 1. The Labute approximate surface area is 197 Å². The third-order valence-electron chi connectivity index (χ3n) is 5.07. The number of alkyl halides is 3. The number of pyridine rings is 1. The van der Waals surface area contributed by atoms with Gasteiger partial charge in [-0.05, 0) is 42.2 Å². The molecule has 1 saturated carbocycles. The average molecular weight is 516 g/mol. The number of nitrogens with zero attached hydrogens (tertiary/aromatic N) is 2. The Morgan fingerprint density at radius 3 is 2.34 bits per heavy atom. The van der Waals surface area contributed by atoms with Gasteiger partial charge in [0, 0.05) is 17.8 Å². The second-order valence-electron chi connectivity index (χ2n) is 7.89. The molecular weight excluding hydrogens is 496 g/mol. The van der Waals surface area contributed by atoms with E-state index in [-0.39, 0.29) is 36.4 Å². The number of carbonyl (C=O) groups is 1. The maximum atomic E-state index is 14.4. The van der Waals surface area contributed by atoms with Gasteiger partial charge in [-0.25, -0.2) is 9.37 Å². The summed E-state index contributed by atoms with van der Waals surface area (Å²) in [7, 11) is -3.67. The fourth-order valence-electron chi connectivity index (χ4n) is 3.16. The van der Waals surface area contributed by atoms with Gasteiger partial charge in [-0.2, -0.15) is 21.6 Å². The maximum absolute atomic E-state index is 14.4. The van der Waals surface area contributed by atoms with Crippen molar-refractivity contribution in [3.8, 4) is 11.1 Å². The number of hydrogen-bond acceptors (Lipinski definition) is 7. The Bertz CT molecular complexity index is 1310. The van der Waals surface area contributed by atoms with Crippen LogP contribution in [0.3, 0.4) is 0 Å². The minimum Gasteiger partial charge on any atom is -0.384 e. The fraction of sp³-hybridized carbons (Fsp3) is 0.286. The first kappa shape index (κ1) is 26.1. The molecule has 188 valence electrons. The number of nitrogens with one attached hydrogen (secondary N) is 1. The van der Waals surface area contributed by atoms with Gasteiger partial charge in [-0.1, -0.05) is 17.3 Å². The molecule has 0 bridgehead atoms. The minimum atomic E-state index is -4.45. The summed E-state index contributed by atoms with van der Waals surface area (Å²) in [6, 6.07) is 8.70. The van der Waals surface area contributed by atoms with Crippen LogP contribution in [0.1, 0.15) is 24.2 Å². The largest absolute Gasteiger partial charge is 0.401 e. The molecule has 35 heavy (non-hydrogen) atoms. The normalized spacial score (nSPS) is 14.6. The lowest BCUT2D eigenvalue weighted by molar-refractivity contribution is -0.165. The van der Waals surface area contributed by atoms with E-state index in [1.165, 1.54) is 18.3 Å². The molecule has 3 aromatic rings. The average Bonchev–Trinajstić information content (AvgIpc) is 3.43. The lowest BCUT2D eigenvalue weighted by Gasteiger charge is -2.14. The zero-order chi connectivity index (χ0) is 26.0. The number of amides is 1. The number of benzene rings is 1. The van der Waals surface area contributed by atoms with Gasteiger partial charge in [0.05, 0.1) is 12.7 Å². The molecular formula is C21H20F4N4O5S. The highest BCUT2D eigenvalue weighted by Crippen LogP contribution is 2.59. The van der Waals surface area contributed by atoms with E-state index in [0.717, 1.165) is 6.07 Å². The number of nitrogen functional groups attached to an aromatic ring is 1. The van der Waals surface area contributed by atoms with Crippen LogP contribution in [0.25, 0.3) is 11.1 Å². The molecule has 0 radical (unpaired) electrons. The highest BCUT2D eigenvalue weighted by Gasteiger charge is 2.66. The standard InChI is InChI=1S/C20H16F4N4O2.CH4O3S/c21-14-7-11(13-3-4-16(25)26-10-13)1-2-12(14)8-18(29)27-17-9-15(30-28-17)19(5-6-19)20(22,23)24;1-5(2,3)4/h1-4,7,9-10H,5-6,8H2,(H2,25,26)(H,27,28,29);1H3,(H,2,3,4). The number of carbonyl (C=O) groups excluding carboxylic acids is 1. The van der Waals surface area contributed by atoms with Crippen LogP contribution < -0.4 is 11.1 Å². The van der Waals surface area contributed by atoms with Crippen LogP contribution in [-0.4, -0.2) is 41.5 Å². The molecule has 1 aliphatic carbocycles. The number of halogens is 4. The number of aromatic nitrogens is 2. The molecule has 1 amide bonds. The molecule has 2 heterocycles. The van der Waals surface area contributed by atoms with Crippen LogP contribution in [0, 0.1) is 5.82 Å². The molecule has 0 atom stereocenters. The van der Waals surface area contributed by atoms with Crippen molar-refractivity contribution >= 4 is 27.7 Å². The number of anilines is 2. The van der Waals surface area contributed by atoms with Crippen molar-refractivity contribution in [2.45, 2.75) is 30.9 Å². The third-order valence-corrected chi connectivity index (χ3v) is 5.07. The highest BCUT2D eigenvalue weighted by atomic mass is 32.2. The molecule has 0 aliphatic heterocycles. The van der Waals surface area contributed by atoms with Gasteiger partial charge in [0.15, 0.2) is 11.6 Å². The smallest absolute Gasteiger partial charge is 0.384 e. The highest BCUT2D eigenvalue weighted by molar-refractivity contribution is 7.85. The summed E-state index contributed by atoms with van der Waals surface area (Å²) >= 11 is 0. The zero-order valence-corrected chi connectivity index (χ0v) is 19.0. The van der Waals surface area contributed by atoms with Crippen LogP contribution >= 0.6 is 0 Å². The van der Waals surface area contributed by atoms with Crippen molar-refractivity contribution in [1.29, 1.82) is 0 Å². The third kappa shape index (κ3) is 6.76. The van der Waals surface area contributed by atoms with E-state index >= 15 is 0 Å². The Hall–Kier alpha value is -3.52. The quantitative estimate of drug-likeness (QED) is 0.343. The van der Waals surface area contributed by atoms with Gasteiger partial charge in [0.25, 0.3) is 10.1 Å². The van der Waals surface area contributed by atoms with E-state index in [0.29, 0.717) is 23.2 Å². The van der Waals surface area contributed by atoms with Gasteiger partial charge in [0.2, 0.25) is 5.91 Å². The van der Waals surface area contributed by atoms with Gasteiger partial charge >= 0.3 is 6.18 Å². The maximum Gasteiger partial charge on any atom is 0.401 e. The first-order chi connectivity index (χ1) is 16.2. The summed E-state index contributed by atoms with van der Waals surface area (Å²) in [6.07, 6.45) is -2.71. The van der Waals surface area contributed by atoms with Crippen LogP contribution in [0.5, 0.6) is 0 Å². The first-order valence-corrected chi connectivity index (χ1v) is 11.8. The summed E-state index contributed by atoms with van der Waals surface area (Å²) in [4.78, 5) is 16.1. The van der Waals surface area contributed by atoms with E-state index in [1.807, 2.05) is 0 Å². The van der Waals surface area contributed by atoms with Crippen LogP contribution in [-0.2, 0) is 26.7 Å². The molecule has 1 fully saturated rings. The van der Waals surface area contributed by atoms with Crippen molar-refractivity contribution < 1.29 is 39.8 Å². The summed E-state index contributed by atoms with van der Waals surface area (Å²) in [5, 5.41) is 5.82. The van der Waals surface area contributed by atoms with E-state index in [2.05, 4.69) is 15.5 Å². The van der Waals surface area contributed by atoms with Crippen molar-refractivity contribution in [3.05, 3.63) is 59.7 Å². The van der Waals surface area contributed by atoms with E-state index in [4.69, 9.17) is 14.8 Å². The molecule has 1 aliphatic rings. The monoisotopic (exact) mass is 516 g/mol. The Morgan fingerprint density at radius 2 is 1.83 bits per heavy atom. The van der Waals surface area contributed by atoms with Crippen molar-refractivity contribution in [1.82, 2.24) is 10.1 Å². The topological polar surface area (TPSA) is 148 Å². The molecule has 0 unspecified atom stereocenters. The second-order valence-corrected chi connectivity index (χ2v) is 9.36. The molecule has 0 spiro atoms. The minimum absolute atomic E-state index is 0.0832. The van der Waals surface area contributed by atoms with E-state index in [1.54, 1.807) is 18.2 Å². The SMILES string of the molecule is CS(=O)(=O)O.Nc1ccc(-c2ccc(CC(=O)Nc3cc(C4(C(F)(F)F)CC4)on3)c(F)c2)cn1. The number of hydrogen-bond donors (Lipinski definition) is 3. The second kappa shape index (κ2) is 9.62. The summed E-state index contributed by atoms with van der Waals surface area (Å²) in [6.45, 7) is 0. The Morgan fingerprint density at radius 1 is 1.20 bits per heavy atom. The Kier molecular flexibility index (Phi) is 7.17. The van der Waals surface area contributed by atoms with Gasteiger partial charge < -0.3 is 15.6 Å². The zero-order valence-electron chi connectivity index (χ0n) is 18.1. The van der Waals surface area contributed by atoms with Crippen LogP contribution in [0.15, 0.2) is 47.1 Å². The fourth-order valence-corrected chi connectivity index (χ4v) is 3.16. The Balaban J connectivity index is 0.000000623. The predicted octanol–water partition coefficient (Wildman–Crippen LogP) is 3.74. The van der Waals surface area contributed by atoms with E-state index < -0.39 is 33.4 Å². The molecule has 4 rings (SSSR count). The molecule has 1 aromatic carbocycles. The predicted molar refractivity (Wildman–Crippen MR) is 117 cm³/mol. The number of rotatable bonds is 5. The lowest BCUT2D eigenvalue weighted by atomic mass is 10.0. The van der Waals surface area contributed by atoms with E-state index in [9.17, 15) is 30.8 Å². The molecule has 0 saturated heterocycles. The van der Waals surface area contributed by atoms with Gasteiger partial charge in [-0.3, -0.25) is 9.35 Å². The molecule has 2 aromatic heterocycles. The molecule has 14 heteroatoms. The first-order valence-electron chi connectivity index (χ1n) is 9.94. The van der Waals surface area contributed by atoms with Crippen molar-refractivity contribution in [2.24, 2.45) is 0 Å². The van der Waals surface area contributed by atoms with Crippen molar-refractivity contribution in [3.63, 3.8) is 0 Å². The lowest BCUT2D eigenvalue weighted by Crippen LogP contribution is -2.28. The summed E-state index contributed by atoms with van der Waals surface area (Å²) < 4.78 is 84.5. The van der Waals surface area contributed by atoms with Crippen LogP contribution in [0.4, 0.5) is 29.2 Å². The molecule has 9 nitrogen and oxygen atoms in total. The van der Waals surface area contributed by atoms with Gasteiger partial charge in [0.1, 0.15) is 17.1 Å². The summed E-state index contributed by atoms with van der Waals surface area (Å²) in [5.74, 6) is -1.37. The van der Waals surface area contributed by atoms with Gasteiger partial charge in [-0.15, -0.1) is 0 Å².